The highest BCUT2D eigenvalue weighted by Gasteiger charge is 2.19. The van der Waals surface area contributed by atoms with Crippen molar-refractivity contribution in [2.24, 2.45) is 0 Å². The molecule has 3 nitrogen and oxygen atoms in total. The molecule has 0 unspecified atom stereocenters. The summed E-state index contributed by atoms with van der Waals surface area (Å²) in [7, 11) is 0. The van der Waals surface area contributed by atoms with E-state index >= 15 is 0 Å². The normalized spacial score (nSPS) is 10.9. The van der Waals surface area contributed by atoms with E-state index in [0.29, 0.717) is 24.3 Å². The van der Waals surface area contributed by atoms with Crippen LogP contribution in [0.1, 0.15) is 22.3 Å². The number of carbonyl (C=O) groups excluding carboxylic acids is 1. The van der Waals surface area contributed by atoms with Crippen LogP contribution >= 0.6 is 0 Å². The van der Waals surface area contributed by atoms with E-state index in [1.54, 1.807) is 0 Å². The van der Waals surface area contributed by atoms with Gasteiger partial charge in [0, 0.05) is 34.7 Å². The molecule has 0 amide bonds. The van der Waals surface area contributed by atoms with Gasteiger partial charge < -0.3 is 9.47 Å². The number of benzene rings is 6. The molecule has 0 N–H and O–H groups in total. The first-order valence-corrected chi connectivity index (χ1v) is 12.7. The second-order valence-corrected chi connectivity index (χ2v) is 9.33. The summed E-state index contributed by atoms with van der Waals surface area (Å²) in [4.78, 5) is 13.4. The number of hydrogen-bond acceptors (Lipinski definition) is 3. The van der Waals surface area contributed by atoms with E-state index < -0.39 is 6.16 Å². The van der Waals surface area contributed by atoms with Crippen molar-refractivity contribution < 1.29 is 14.3 Å². The molecule has 0 atom stereocenters. The first kappa shape index (κ1) is 23.5. The van der Waals surface area contributed by atoms with Crippen molar-refractivity contribution in [3.05, 3.63) is 156 Å². The lowest BCUT2D eigenvalue weighted by atomic mass is 9.99. The smallest absolute Gasteiger partial charge is 0.394 e. The summed E-state index contributed by atoms with van der Waals surface area (Å²) in [5, 5.41) is 3.75. The van der Waals surface area contributed by atoms with Crippen LogP contribution in [0.3, 0.4) is 0 Å². The van der Waals surface area contributed by atoms with Crippen LogP contribution < -0.4 is 9.47 Å². The summed E-state index contributed by atoms with van der Waals surface area (Å²) in [6, 6.07) is 44.4. The number of ether oxygens (including phenoxy) is 2. The maximum atomic E-state index is 13.4. The van der Waals surface area contributed by atoms with Crippen molar-refractivity contribution in [1.82, 2.24) is 0 Å². The van der Waals surface area contributed by atoms with Crippen molar-refractivity contribution >= 4 is 27.7 Å². The number of rotatable bonds is 6. The largest absolute Gasteiger partial charge is 0.519 e. The molecule has 0 aliphatic rings. The molecule has 3 heteroatoms. The Morgan fingerprint density at radius 2 is 0.842 bits per heavy atom. The summed E-state index contributed by atoms with van der Waals surface area (Å²) >= 11 is 0. The maximum Gasteiger partial charge on any atom is 0.519 e. The highest BCUT2D eigenvalue weighted by molar-refractivity contribution is 5.93. The fraction of sp³-hybridized carbons (Fsp3) is 0.0571. The first-order valence-electron chi connectivity index (χ1n) is 12.7. The first-order chi connectivity index (χ1) is 18.7. The Hall–Kier alpha value is -4.89. The summed E-state index contributed by atoms with van der Waals surface area (Å²) in [6.45, 7) is 0. The lowest BCUT2D eigenvalue weighted by Gasteiger charge is -2.16. The lowest BCUT2D eigenvalue weighted by Crippen LogP contribution is -2.16. The Balaban J connectivity index is 1.37. The van der Waals surface area contributed by atoms with E-state index in [2.05, 4.69) is 36.4 Å². The molecular formula is C35H26O3. The Kier molecular flexibility index (Phi) is 6.57. The average molecular weight is 495 g/mol. The molecule has 184 valence electrons. The molecule has 0 aliphatic carbocycles. The van der Waals surface area contributed by atoms with Gasteiger partial charge in [-0.3, -0.25) is 0 Å². The minimum Gasteiger partial charge on any atom is -0.394 e. The third kappa shape index (κ3) is 5.00. The highest BCUT2D eigenvalue weighted by atomic mass is 16.7. The molecule has 6 aromatic carbocycles. The minimum atomic E-state index is -0.749. The van der Waals surface area contributed by atoms with E-state index in [9.17, 15) is 4.79 Å². The van der Waals surface area contributed by atoms with Gasteiger partial charge in [0.05, 0.1) is 0 Å². The molecule has 0 saturated heterocycles. The zero-order chi connectivity index (χ0) is 25.7. The molecule has 0 fully saturated rings. The van der Waals surface area contributed by atoms with Gasteiger partial charge in [-0.15, -0.1) is 0 Å². The number of hydrogen-bond donors (Lipinski definition) is 0. The quantitative estimate of drug-likeness (QED) is 0.171. The van der Waals surface area contributed by atoms with Crippen molar-refractivity contribution in [2.45, 2.75) is 12.8 Å². The third-order valence-electron chi connectivity index (χ3n) is 6.77. The van der Waals surface area contributed by atoms with Gasteiger partial charge in [-0.1, -0.05) is 133 Å². The van der Waals surface area contributed by atoms with Crippen LogP contribution in [-0.2, 0) is 12.8 Å². The number of carbonyl (C=O) groups is 1. The fourth-order valence-corrected chi connectivity index (χ4v) is 4.91. The fourth-order valence-electron chi connectivity index (χ4n) is 4.91. The molecule has 6 aromatic rings. The predicted molar refractivity (Wildman–Crippen MR) is 153 cm³/mol. The van der Waals surface area contributed by atoms with Gasteiger partial charge in [0.1, 0.15) is 11.5 Å². The summed E-state index contributed by atoms with van der Waals surface area (Å²) in [6.07, 6.45) is 0.533. The Morgan fingerprint density at radius 3 is 1.29 bits per heavy atom. The molecule has 0 bridgehead atoms. The van der Waals surface area contributed by atoms with Gasteiger partial charge in [0.25, 0.3) is 0 Å². The van der Waals surface area contributed by atoms with Crippen LogP contribution in [0, 0.1) is 0 Å². The van der Waals surface area contributed by atoms with Crippen molar-refractivity contribution in [3.8, 4) is 11.5 Å². The van der Waals surface area contributed by atoms with Crippen LogP contribution in [0.15, 0.2) is 133 Å². The van der Waals surface area contributed by atoms with Crippen molar-refractivity contribution in [3.63, 3.8) is 0 Å². The average Bonchev–Trinajstić information content (AvgIpc) is 2.96. The van der Waals surface area contributed by atoms with Gasteiger partial charge in [-0.25, -0.2) is 4.79 Å². The third-order valence-corrected chi connectivity index (χ3v) is 6.77. The zero-order valence-corrected chi connectivity index (χ0v) is 20.8. The maximum absolute atomic E-state index is 13.4. The van der Waals surface area contributed by atoms with Crippen LogP contribution in [0.5, 0.6) is 11.5 Å². The standard InChI is InChI=1S/C35H26O3/c36-35(37-33-29(23-25-11-3-1-4-12-25)21-19-27-15-7-9-17-31(27)33)38-34-30(24-26-13-5-2-6-14-26)22-20-28-16-8-10-18-32(28)34/h1-22H,23-24H2. The van der Waals surface area contributed by atoms with Gasteiger partial charge in [0.2, 0.25) is 0 Å². The van der Waals surface area contributed by atoms with Gasteiger partial charge in [-0.2, -0.15) is 0 Å². The van der Waals surface area contributed by atoms with Crippen LogP contribution in [0.25, 0.3) is 21.5 Å². The van der Waals surface area contributed by atoms with Gasteiger partial charge >= 0.3 is 6.16 Å². The molecule has 0 aromatic heterocycles. The zero-order valence-electron chi connectivity index (χ0n) is 20.8. The molecule has 6 rings (SSSR count). The Morgan fingerprint density at radius 1 is 0.447 bits per heavy atom. The molecule has 38 heavy (non-hydrogen) atoms. The van der Waals surface area contributed by atoms with E-state index in [1.807, 2.05) is 97.1 Å². The van der Waals surface area contributed by atoms with Crippen molar-refractivity contribution in [2.75, 3.05) is 0 Å². The van der Waals surface area contributed by atoms with E-state index in [1.165, 1.54) is 0 Å². The van der Waals surface area contributed by atoms with Crippen LogP contribution in [0.4, 0.5) is 4.79 Å². The van der Waals surface area contributed by atoms with Gasteiger partial charge in [-0.05, 0) is 21.9 Å². The topological polar surface area (TPSA) is 35.5 Å². The molecular weight excluding hydrogens is 468 g/mol. The Bertz CT molecular complexity index is 1590. The van der Waals surface area contributed by atoms with E-state index in [0.717, 1.165) is 43.8 Å². The second kappa shape index (κ2) is 10.6. The Labute approximate surface area is 221 Å². The van der Waals surface area contributed by atoms with E-state index in [-0.39, 0.29) is 0 Å². The SMILES string of the molecule is O=C(Oc1c(Cc2ccccc2)ccc2ccccc12)Oc1c(Cc2ccccc2)ccc2ccccc12. The second-order valence-electron chi connectivity index (χ2n) is 9.33. The molecule has 0 radical (unpaired) electrons. The highest BCUT2D eigenvalue weighted by Crippen LogP contribution is 2.35. The number of fused-ring (bicyclic) bond motifs is 2. The van der Waals surface area contributed by atoms with E-state index in [4.69, 9.17) is 9.47 Å². The molecule has 0 saturated carbocycles. The van der Waals surface area contributed by atoms with Crippen LogP contribution in [0.2, 0.25) is 0 Å². The predicted octanol–water partition coefficient (Wildman–Crippen LogP) is 8.75. The van der Waals surface area contributed by atoms with Crippen molar-refractivity contribution in [1.29, 1.82) is 0 Å². The van der Waals surface area contributed by atoms with Crippen LogP contribution in [-0.4, -0.2) is 6.16 Å². The summed E-state index contributed by atoms with van der Waals surface area (Å²) < 4.78 is 12.1. The van der Waals surface area contributed by atoms with Gasteiger partial charge in [0.15, 0.2) is 0 Å². The lowest BCUT2D eigenvalue weighted by molar-refractivity contribution is 0.152. The molecule has 0 heterocycles. The molecule has 0 aliphatic heterocycles. The minimum absolute atomic E-state index is 0.529. The summed E-state index contributed by atoms with van der Waals surface area (Å²) in [5.74, 6) is 1.06. The molecule has 0 spiro atoms. The summed E-state index contributed by atoms with van der Waals surface area (Å²) in [5.41, 5.74) is 4.13. The monoisotopic (exact) mass is 494 g/mol.